The lowest BCUT2D eigenvalue weighted by Crippen LogP contribution is -2.33. The first-order valence-electron chi connectivity index (χ1n) is 6.62. The average Bonchev–Trinajstić information content (AvgIpc) is 2.45. The molecule has 0 spiro atoms. The van der Waals surface area contributed by atoms with Crippen LogP contribution in [-0.4, -0.2) is 44.9 Å². The molecule has 3 nitrogen and oxygen atoms in total. The van der Waals surface area contributed by atoms with Crippen molar-refractivity contribution < 1.29 is 9.13 Å². The smallest absolute Gasteiger partial charge is 0.123 e. The lowest BCUT2D eigenvalue weighted by Gasteiger charge is -2.30. The average molecular weight is 284 g/mol. The Labute approximate surface area is 118 Å². The number of methoxy groups -OCH3 is 1. The van der Waals surface area contributed by atoms with Gasteiger partial charge in [-0.15, -0.1) is 0 Å². The van der Waals surface area contributed by atoms with Crippen molar-refractivity contribution in [1.29, 1.82) is 0 Å². The summed E-state index contributed by atoms with van der Waals surface area (Å²) < 4.78 is 18.4. The van der Waals surface area contributed by atoms with Gasteiger partial charge >= 0.3 is 0 Å². The zero-order chi connectivity index (χ0) is 13.5. The highest BCUT2D eigenvalue weighted by Gasteiger charge is 2.14. The molecule has 0 aliphatic carbocycles. The third kappa shape index (κ3) is 4.37. The van der Waals surface area contributed by atoms with Crippen molar-refractivity contribution in [3.05, 3.63) is 29.6 Å². The van der Waals surface area contributed by atoms with Gasteiger partial charge in [0.15, 0.2) is 0 Å². The summed E-state index contributed by atoms with van der Waals surface area (Å²) in [5.41, 5.74) is 2.19. The number of thioether (sulfide) groups is 1. The fraction of sp³-hybridized carbons (Fsp3) is 0.571. The predicted molar refractivity (Wildman–Crippen MR) is 79.5 cm³/mol. The molecule has 0 unspecified atom stereocenters. The van der Waals surface area contributed by atoms with E-state index in [0.29, 0.717) is 13.2 Å². The first kappa shape index (κ1) is 14.6. The molecule has 1 aliphatic rings. The summed E-state index contributed by atoms with van der Waals surface area (Å²) in [4.78, 5) is 2.35. The van der Waals surface area contributed by atoms with Crippen LogP contribution in [0.15, 0.2) is 18.2 Å². The van der Waals surface area contributed by atoms with Crippen LogP contribution in [0.3, 0.4) is 0 Å². The minimum atomic E-state index is -0.168. The molecule has 0 atom stereocenters. The Morgan fingerprint density at radius 2 is 2.16 bits per heavy atom. The van der Waals surface area contributed by atoms with Crippen molar-refractivity contribution >= 4 is 17.4 Å². The summed E-state index contributed by atoms with van der Waals surface area (Å²) in [6.45, 7) is 4.22. The van der Waals surface area contributed by atoms with E-state index in [9.17, 15) is 4.39 Å². The van der Waals surface area contributed by atoms with Gasteiger partial charge in [-0.25, -0.2) is 4.39 Å². The van der Waals surface area contributed by atoms with Gasteiger partial charge in [-0.3, -0.25) is 0 Å². The molecule has 1 aromatic carbocycles. The Morgan fingerprint density at radius 3 is 2.89 bits per heavy atom. The third-order valence-corrected chi connectivity index (χ3v) is 4.13. The Morgan fingerprint density at radius 1 is 1.37 bits per heavy atom. The summed E-state index contributed by atoms with van der Waals surface area (Å²) in [6, 6.07) is 5.09. The van der Waals surface area contributed by atoms with E-state index in [1.807, 2.05) is 17.8 Å². The molecule has 106 valence electrons. The van der Waals surface area contributed by atoms with Crippen molar-refractivity contribution in [1.82, 2.24) is 5.32 Å². The van der Waals surface area contributed by atoms with Crippen LogP contribution < -0.4 is 10.2 Å². The first-order valence-corrected chi connectivity index (χ1v) is 7.77. The van der Waals surface area contributed by atoms with Gasteiger partial charge in [0, 0.05) is 50.5 Å². The fourth-order valence-corrected chi connectivity index (χ4v) is 3.11. The lowest BCUT2D eigenvalue weighted by molar-refractivity contribution is 0.199. The summed E-state index contributed by atoms with van der Waals surface area (Å²) in [5, 5.41) is 3.29. The summed E-state index contributed by atoms with van der Waals surface area (Å²) in [7, 11) is 1.68. The van der Waals surface area contributed by atoms with Gasteiger partial charge in [0.1, 0.15) is 5.82 Å². The molecule has 0 saturated carbocycles. The highest BCUT2D eigenvalue weighted by atomic mass is 32.2. The van der Waals surface area contributed by atoms with Gasteiger partial charge in [-0.1, -0.05) is 0 Å². The predicted octanol–water partition coefficient (Wildman–Crippen LogP) is 2.11. The van der Waals surface area contributed by atoms with Gasteiger partial charge in [0.25, 0.3) is 0 Å². The van der Waals surface area contributed by atoms with Crippen LogP contribution in [0.1, 0.15) is 5.56 Å². The van der Waals surface area contributed by atoms with Gasteiger partial charge in [-0.2, -0.15) is 11.8 Å². The second kappa shape index (κ2) is 7.72. The highest BCUT2D eigenvalue weighted by Crippen LogP contribution is 2.24. The van der Waals surface area contributed by atoms with E-state index in [2.05, 4.69) is 10.2 Å². The van der Waals surface area contributed by atoms with Crippen molar-refractivity contribution in [2.45, 2.75) is 6.54 Å². The Hall–Kier alpha value is -0.780. The number of hydrogen-bond acceptors (Lipinski definition) is 4. The van der Waals surface area contributed by atoms with Crippen LogP contribution in [0.25, 0.3) is 0 Å². The van der Waals surface area contributed by atoms with Gasteiger partial charge < -0.3 is 15.0 Å². The molecule has 5 heteroatoms. The topological polar surface area (TPSA) is 24.5 Å². The fourth-order valence-electron chi connectivity index (χ4n) is 2.21. The van der Waals surface area contributed by atoms with Crippen LogP contribution >= 0.6 is 11.8 Å². The molecule has 19 heavy (non-hydrogen) atoms. The second-order valence-corrected chi connectivity index (χ2v) is 5.77. The molecule has 0 radical (unpaired) electrons. The normalized spacial score (nSPS) is 15.8. The number of rotatable bonds is 6. The maximum atomic E-state index is 13.4. The zero-order valence-electron chi connectivity index (χ0n) is 11.3. The van der Waals surface area contributed by atoms with Crippen LogP contribution in [0.5, 0.6) is 0 Å². The summed E-state index contributed by atoms with van der Waals surface area (Å²) in [5.74, 6) is 2.13. The van der Waals surface area contributed by atoms with E-state index in [-0.39, 0.29) is 5.82 Å². The number of nitrogens with zero attached hydrogens (tertiary/aromatic N) is 1. The molecule has 0 amide bonds. The van der Waals surface area contributed by atoms with Crippen molar-refractivity contribution in [3.8, 4) is 0 Å². The summed E-state index contributed by atoms with van der Waals surface area (Å²) >= 11 is 1.98. The highest BCUT2D eigenvalue weighted by molar-refractivity contribution is 7.99. The number of ether oxygens (including phenoxy) is 1. The Balaban J connectivity index is 2.03. The quantitative estimate of drug-likeness (QED) is 0.809. The maximum Gasteiger partial charge on any atom is 0.123 e. The SMILES string of the molecule is COCCNCc1cc(F)ccc1N1CCSCC1. The van der Waals surface area contributed by atoms with Crippen molar-refractivity contribution in [2.24, 2.45) is 0 Å². The number of benzene rings is 1. The molecule has 1 fully saturated rings. The molecular formula is C14H21FN2OS. The van der Waals surface area contributed by atoms with E-state index in [1.54, 1.807) is 19.2 Å². The Bertz CT molecular complexity index is 397. The molecule has 0 bridgehead atoms. The van der Waals surface area contributed by atoms with E-state index in [4.69, 9.17) is 4.74 Å². The maximum absolute atomic E-state index is 13.4. The van der Waals surface area contributed by atoms with Crippen molar-refractivity contribution in [3.63, 3.8) is 0 Å². The molecule has 1 aromatic rings. The molecule has 2 rings (SSSR count). The summed E-state index contributed by atoms with van der Waals surface area (Å²) in [6.07, 6.45) is 0. The van der Waals surface area contributed by atoms with Crippen molar-refractivity contribution in [2.75, 3.05) is 49.8 Å². The first-order chi connectivity index (χ1) is 9.31. The molecule has 1 heterocycles. The second-order valence-electron chi connectivity index (χ2n) is 4.54. The van der Waals surface area contributed by atoms with Crippen LogP contribution in [-0.2, 0) is 11.3 Å². The number of hydrogen-bond donors (Lipinski definition) is 1. The van der Waals surface area contributed by atoms with Crippen LogP contribution in [0.4, 0.5) is 10.1 Å². The van der Waals surface area contributed by atoms with Crippen LogP contribution in [0.2, 0.25) is 0 Å². The van der Waals surface area contributed by atoms with Crippen LogP contribution in [0, 0.1) is 5.82 Å². The van der Waals surface area contributed by atoms with Gasteiger partial charge in [0.05, 0.1) is 6.61 Å². The van der Waals surface area contributed by atoms with E-state index in [1.165, 1.54) is 0 Å². The molecule has 1 N–H and O–H groups in total. The number of halogens is 1. The molecule has 1 saturated heterocycles. The zero-order valence-corrected chi connectivity index (χ0v) is 12.1. The van der Waals surface area contributed by atoms with E-state index in [0.717, 1.165) is 42.4 Å². The van der Waals surface area contributed by atoms with Gasteiger partial charge in [0.2, 0.25) is 0 Å². The van der Waals surface area contributed by atoms with Gasteiger partial charge in [-0.05, 0) is 23.8 Å². The largest absolute Gasteiger partial charge is 0.383 e. The minimum Gasteiger partial charge on any atom is -0.383 e. The molecule has 0 aromatic heterocycles. The monoisotopic (exact) mass is 284 g/mol. The minimum absolute atomic E-state index is 0.168. The standard InChI is InChI=1S/C14H21FN2OS/c1-18-7-4-16-11-12-10-13(15)2-3-14(12)17-5-8-19-9-6-17/h2-3,10,16H,4-9,11H2,1H3. The lowest BCUT2D eigenvalue weighted by atomic mass is 10.1. The molecule has 1 aliphatic heterocycles. The Kier molecular flexibility index (Phi) is 5.94. The molecular weight excluding hydrogens is 263 g/mol. The third-order valence-electron chi connectivity index (χ3n) is 3.19. The number of nitrogens with one attached hydrogen (secondary N) is 1. The van der Waals surface area contributed by atoms with E-state index < -0.39 is 0 Å². The number of anilines is 1. The van der Waals surface area contributed by atoms with E-state index >= 15 is 0 Å².